The van der Waals surface area contributed by atoms with Crippen molar-refractivity contribution in [2.45, 2.75) is 62.7 Å². The van der Waals surface area contributed by atoms with E-state index >= 15 is 0 Å². The summed E-state index contributed by atoms with van der Waals surface area (Å²) in [5.41, 5.74) is 2.92. The smallest absolute Gasteiger partial charge is 0.335 e. The lowest BCUT2D eigenvalue weighted by atomic mass is 10.1. The Hall–Kier alpha value is -2.61. The van der Waals surface area contributed by atoms with E-state index in [1.165, 1.54) is 12.1 Å². The van der Waals surface area contributed by atoms with E-state index in [2.05, 4.69) is 11.1 Å². The molecule has 2 aromatic heterocycles. The number of fused-ring (bicyclic) bond motifs is 1. The van der Waals surface area contributed by atoms with Crippen molar-refractivity contribution in [3.8, 4) is 17.5 Å². The molecule has 1 aliphatic rings. The van der Waals surface area contributed by atoms with Crippen molar-refractivity contribution < 1.29 is 21.6 Å². The van der Waals surface area contributed by atoms with Gasteiger partial charge in [0.25, 0.3) is 0 Å². The third-order valence-corrected chi connectivity index (χ3v) is 8.13. The van der Waals surface area contributed by atoms with Crippen LogP contribution in [0.3, 0.4) is 0 Å². The van der Waals surface area contributed by atoms with Crippen LogP contribution in [0.15, 0.2) is 35.4 Å². The fraction of sp³-hybridized carbons (Fsp3) is 0.391. The van der Waals surface area contributed by atoms with E-state index in [1.54, 1.807) is 4.72 Å². The van der Waals surface area contributed by atoms with Crippen molar-refractivity contribution >= 4 is 32.5 Å². The van der Waals surface area contributed by atoms with E-state index < -0.39 is 27.1 Å². The van der Waals surface area contributed by atoms with Gasteiger partial charge in [-0.05, 0) is 56.5 Å². The van der Waals surface area contributed by atoms with Crippen molar-refractivity contribution in [1.82, 2.24) is 14.3 Å². The number of pyridine rings is 1. The van der Waals surface area contributed by atoms with E-state index in [9.17, 15) is 26.9 Å². The zero-order valence-corrected chi connectivity index (χ0v) is 20.0. The molecule has 6 nitrogen and oxygen atoms in total. The number of hydrogen-bond acceptors (Lipinski definition) is 4. The Kier molecular flexibility index (Phi) is 6.40. The van der Waals surface area contributed by atoms with Crippen molar-refractivity contribution in [1.29, 1.82) is 5.26 Å². The minimum absolute atomic E-state index is 0.123. The molecule has 0 unspecified atom stereocenters. The van der Waals surface area contributed by atoms with E-state index in [4.69, 9.17) is 11.6 Å². The molecule has 0 spiro atoms. The first kappa shape index (κ1) is 24.5. The molecule has 0 radical (unpaired) electrons. The zero-order chi connectivity index (χ0) is 24.8. The van der Waals surface area contributed by atoms with Crippen LogP contribution in [0.25, 0.3) is 22.3 Å². The van der Waals surface area contributed by atoms with Crippen LogP contribution in [0, 0.1) is 18.3 Å². The number of aryl methyl sites for hydroxylation is 1. The van der Waals surface area contributed by atoms with Gasteiger partial charge in [-0.25, -0.2) is 8.42 Å². The fourth-order valence-corrected chi connectivity index (χ4v) is 5.72. The number of sulfonamides is 1. The molecule has 1 aromatic carbocycles. The zero-order valence-electron chi connectivity index (χ0n) is 18.4. The van der Waals surface area contributed by atoms with Crippen molar-refractivity contribution in [3.05, 3.63) is 46.6 Å². The summed E-state index contributed by atoms with van der Waals surface area (Å²) in [6, 6.07) is 6.43. The van der Waals surface area contributed by atoms with Crippen LogP contribution in [0.2, 0.25) is 5.02 Å². The van der Waals surface area contributed by atoms with Gasteiger partial charge in [0.2, 0.25) is 10.0 Å². The molecule has 180 valence electrons. The van der Waals surface area contributed by atoms with Gasteiger partial charge in [0.1, 0.15) is 17.0 Å². The van der Waals surface area contributed by atoms with Gasteiger partial charge in [-0.1, -0.05) is 24.4 Å². The number of aromatic nitrogens is 2. The Bertz CT molecular complexity index is 1390. The number of rotatable bonds is 5. The maximum absolute atomic E-state index is 12.8. The Morgan fingerprint density at radius 2 is 1.94 bits per heavy atom. The molecule has 4 rings (SSSR count). The van der Waals surface area contributed by atoms with Gasteiger partial charge in [-0.2, -0.15) is 23.2 Å². The topological polar surface area (TPSA) is 87.8 Å². The van der Waals surface area contributed by atoms with E-state index in [0.717, 1.165) is 55.3 Å². The highest BCUT2D eigenvalue weighted by molar-refractivity contribution is 7.89. The monoisotopic (exact) mass is 510 g/mol. The average Bonchev–Trinajstić information content (AvgIpc) is 3.39. The summed E-state index contributed by atoms with van der Waals surface area (Å²) in [4.78, 5) is 3.87. The lowest BCUT2D eigenvalue weighted by molar-refractivity contribution is -0.147. The molecule has 0 aliphatic heterocycles. The largest absolute Gasteiger partial charge is 0.404 e. The Morgan fingerprint density at radius 1 is 1.26 bits per heavy atom. The molecule has 2 heterocycles. The number of benzene rings is 1. The molecule has 1 atom stereocenters. The normalized spacial score (nSPS) is 16.1. The maximum Gasteiger partial charge on any atom is 0.404 e. The molecular weight excluding hydrogens is 489 g/mol. The van der Waals surface area contributed by atoms with Crippen LogP contribution in [0.4, 0.5) is 13.2 Å². The molecule has 0 bridgehead atoms. The summed E-state index contributed by atoms with van der Waals surface area (Å²) in [6.07, 6.45) is 0.204. The summed E-state index contributed by atoms with van der Waals surface area (Å²) >= 11 is 6.40. The minimum atomic E-state index is -4.72. The number of halogens is 4. The number of nitrogens with one attached hydrogen (secondary N) is 1. The van der Waals surface area contributed by atoms with Gasteiger partial charge in [-0.15, -0.1) is 0 Å². The van der Waals surface area contributed by atoms with Crippen LogP contribution in [0.1, 0.15) is 49.8 Å². The van der Waals surface area contributed by atoms with Crippen LogP contribution in [0.5, 0.6) is 0 Å². The summed E-state index contributed by atoms with van der Waals surface area (Å²) in [7, 11) is -4.44. The number of nitrogens with zero attached hydrogens (tertiary/aromatic N) is 3. The van der Waals surface area contributed by atoms with Gasteiger partial charge in [-0.3, -0.25) is 4.98 Å². The molecule has 34 heavy (non-hydrogen) atoms. The first-order valence-electron chi connectivity index (χ1n) is 10.7. The predicted molar refractivity (Wildman–Crippen MR) is 123 cm³/mol. The summed E-state index contributed by atoms with van der Waals surface area (Å²) in [5.74, 6) is 0. The molecule has 1 fully saturated rings. The lowest BCUT2D eigenvalue weighted by Gasteiger charge is -2.19. The second-order valence-corrected chi connectivity index (χ2v) is 10.6. The number of hydrogen-bond donors (Lipinski definition) is 1. The standard InChI is InChI=1S/C23H22ClF3N4O2S/c1-13-9-17-18(11-28)22(31(15-5-3-4-6-15)21(17)10-19(13)24)20-8-7-16(12-29-20)34(32,33)30-14(2)23(25,26)27/h7-10,12,14-15,30H,3-6H2,1-2H3/t14-/m0/s1. The van der Waals surface area contributed by atoms with E-state index in [0.29, 0.717) is 22.0 Å². The van der Waals surface area contributed by atoms with Gasteiger partial charge in [0.05, 0.1) is 22.5 Å². The molecule has 1 N–H and O–H groups in total. The maximum atomic E-state index is 12.8. The highest BCUT2D eigenvalue weighted by atomic mass is 35.5. The molecule has 0 saturated heterocycles. The predicted octanol–water partition coefficient (Wildman–Crippen LogP) is 5.88. The second kappa shape index (κ2) is 8.87. The minimum Gasteiger partial charge on any atom is -0.335 e. The Balaban J connectivity index is 1.84. The van der Waals surface area contributed by atoms with Crippen LogP contribution in [-0.4, -0.2) is 30.2 Å². The van der Waals surface area contributed by atoms with Crippen molar-refractivity contribution in [2.24, 2.45) is 0 Å². The summed E-state index contributed by atoms with van der Waals surface area (Å²) < 4.78 is 67.0. The third-order valence-electron chi connectivity index (χ3n) is 6.20. The second-order valence-electron chi connectivity index (χ2n) is 8.53. The molecular formula is C23H22ClF3N4O2S. The molecule has 3 aromatic rings. The summed E-state index contributed by atoms with van der Waals surface area (Å²) in [6.45, 7) is 2.58. The SMILES string of the molecule is Cc1cc2c(C#N)c(-c3ccc(S(=O)(=O)N[C@@H](C)C(F)(F)F)cn3)n(C3CCCC3)c2cc1Cl. The van der Waals surface area contributed by atoms with Crippen LogP contribution >= 0.6 is 11.6 Å². The van der Waals surface area contributed by atoms with Crippen LogP contribution < -0.4 is 4.72 Å². The number of alkyl halides is 3. The quantitative estimate of drug-likeness (QED) is 0.464. The summed E-state index contributed by atoms with van der Waals surface area (Å²) in [5, 5.41) is 11.3. The fourth-order valence-electron chi connectivity index (χ4n) is 4.39. The Labute approximate surface area is 200 Å². The van der Waals surface area contributed by atoms with Gasteiger partial charge in [0, 0.05) is 22.6 Å². The van der Waals surface area contributed by atoms with Crippen molar-refractivity contribution in [3.63, 3.8) is 0 Å². The van der Waals surface area contributed by atoms with Gasteiger partial charge in [0.15, 0.2) is 0 Å². The lowest BCUT2D eigenvalue weighted by Crippen LogP contribution is -2.42. The van der Waals surface area contributed by atoms with E-state index in [1.807, 2.05) is 23.6 Å². The first-order chi connectivity index (χ1) is 15.9. The van der Waals surface area contributed by atoms with Crippen molar-refractivity contribution in [2.75, 3.05) is 0 Å². The average molecular weight is 511 g/mol. The molecule has 1 saturated carbocycles. The first-order valence-corrected chi connectivity index (χ1v) is 12.6. The Morgan fingerprint density at radius 3 is 2.50 bits per heavy atom. The van der Waals surface area contributed by atoms with E-state index in [-0.39, 0.29) is 6.04 Å². The van der Waals surface area contributed by atoms with Crippen LogP contribution in [-0.2, 0) is 10.0 Å². The van der Waals surface area contributed by atoms with Gasteiger partial charge >= 0.3 is 6.18 Å². The third kappa shape index (κ3) is 4.40. The number of nitriles is 1. The highest BCUT2D eigenvalue weighted by Crippen LogP contribution is 2.42. The van der Waals surface area contributed by atoms with Gasteiger partial charge < -0.3 is 4.57 Å². The highest BCUT2D eigenvalue weighted by Gasteiger charge is 2.39. The molecule has 0 amide bonds. The molecule has 1 aliphatic carbocycles. The molecule has 11 heteroatoms.